The van der Waals surface area contributed by atoms with Crippen LogP contribution < -0.4 is 24.8 Å². The zero-order chi connectivity index (χ0) is 23.4. The van der Waals surface area contributed by atoms with Crippen molar-refractivity contribution in [3.63, 3.8) is 0 Å². The minimum atomic E-state index is -2.10. The molecular formula is C32H40Cl2Zr. The van der Waals surface area contributed by atoms with Gasteiger partial charge in [0, 0.05) is 0 Å². The van der Waals surface area contributed by atoms with Gasteiger partial charge in [-0.25, -0.2) is 0 Å². The second kappa shape index (κ2) is 10.9. The molecule has 0 N–H and O–H groups in total. The van der Waals surface area contributed by atoms with Crippen molar-refractivity contribution in [2.45, 2.75) is 94.5 Å². The molecular weight excluding hydrogens is 546 g/mol. The van der Waals surface area contributed by atoms with E-state index >= 15 is 0 Å². The molecule has 0 heterocycles. The summed E-state index contributed by atoms with van der Waals surface area (Å²) in [4.78, 5) is 0. The maximum absolute atomic E-state index is 2.61. The predicted molar refractivity (Wildman–Crippen MR) is 141 cm³/mol. The van der Waals surface area contributed by atoms with Gasteiger partial charge in [-0.2, -0.15) is 0 Å². The number of benzene rings is 2. The molecule has 35 heavy (non-hydrogen) atoms. The second-order valence-corrected chi connectivity index (χ2v) is 19.2. The first-order valence-corrected chi connectivity index (χ1v) is 16.9. The molecule has 0 unspecified atom stereocenters. The van der Waals surface area contributed by atoms with Gasteiger partial charge >= 0.3 is 210 Å². The van der Waals surface area contributed by atoms with Crippen molar-refractivity contribution in [1.29, 1.82) is 0 Å². The summed E-state index contributed by atoms with van der Waals surface area (Å²) in [6, 6.07) is 14.9. The van der Waals surface area contributed by atoms with Gasteiger partial charge in [-0.15, -0.1) is 0 Å². The molecule has 0 saturated heterocycles. The van der Waals surface area contributed by atoms with Crippen LogP contribution in [0.5, 0.6) is 0 Å². The summed E-state index contributed by atoms with van der Waals surface area (Å²) in [5.41, 5.74) is 9.69. The van der Waals surface area contributed by atoms with Crippen LogP contribution in [0.3, 0.4) is 0 Å². The van der Waals surface area contributed by atoms with E-state index in [1.54, 1.807) is 11.1 Å². The third kappa shape index (κ3) is 5.59. The van der Waals surface area contributed by atoms with Gasteiger partial charge in [-0.05, 0) is 0 Å². The molecule has 5 rings (SSSR count). The summed E-state index contributed by atoms with van der Waals surface area (Å²) in [7, 11) is 0. The van der Waals surface area contributed by atoms with Crippen molar-refractivity contribution in [2.75, 3.05) is 0 Å². The van der Waals surface area contributed by atoms with Crippen LogP contribution in [-0.2, 0) is 32.1 Å². The van der Waals surface area contributed by atoms with Gasteiger partial charge in [0.05, 0.1) is 0 Å². The first-order valence-electron chi connectivity index (χ1n) is 13.0. The topological polar surface area (TPSA) is 0 Å². The molecule has 0 nitrogen and oxygen atoms in total. The largest absolute Gasteiger partial charge is 1.00 e. The quantitative estimate of drug-likeness (QED) is 0.508. The normalized spacial score (nSPS) is 17.1. The average Bonchev–Trinajstić information content (AvgIpc) is 3.40. The van der Waals surface area contributed by atoms with Gasteiger partial charge < -0.3 is 24.8 Å². The Kier molecular flexibility index (Phi) is 9.00. The molecule has 0 aliphatic heterocycles. The molecule has 0 atom stereocenters. The Bertz CT molecular complexity index is 1110. The van der Waals surface area contributed by atoms with Crippen LogP contribution in [0, 0.1) is 0 Å². The second-order valence-electron chi connectivity index (χ2n) is 12.4. The zero-order valence-electron chi connectivity index (χ0n) is 22.3. The molecule has 0 bridgehead atoms. The van der Waals surface area contributed by atoms with Crippen LogP contribution >= 0.6 is 0 Å². The molecule has 3 heteroatoms. The van der Waals surface area contributed by atoms with Crippen molar-refractivity contribution < 1.29 is 46.1 Å². The van der Waals surface area contributed by atoms with Crippen molar-refractivity contribution in [3.8, 4) is 11.1 Å². The Balaban J connectivity index is 0.00000171. The van der Waals surface area contributed by atoms with Gasteiger partial charge in [0.25, 0.3) is 0 Å². The SMILES string of the molecule is CC(C)(C)c1ccc2c(c1)[CH]([Zr+2]([C]1=CC=CC1)=[C]1CCCCC1)c1cc(C(C)(C)C)ccc1-2.[Cl-].[Cl-]. The van der Waals surface area contributed by atoms with E-state index in [0.29, 0.717) is 3.63 Å². The third-order valence-electron chi connectivity index (χ3n) is 7.99. The molecule has 3 aliphatic rings. The van der Waals surface area contributed by atoms with Crippen LogP contribution in [0.4, 0.5) is 0 Å². The molecule has 1 fully saturated rings. The summed E-state index contributed by atoms with van der Waals surface area (Å²) >= 11 is -2.10. The molecule has 0 aromatic heterocycles. The number of fused-ring (bicyclic) bond motifs is 3. The molecule has 3 aliphatic carbocycles. The van der Waals surface area contributed by atoms with Crippen molar-refractivity contribution in [2.24, 2.45) is 0 Å². The Labute approximate surface area is 233 Å². The molecule has 0 radical (unpaired) electrons. The third-order valence-corrected chi connectivity index (χ3v) is 16.7. The molecule has 2 aromatic carbocycles. The van der Waals surface area contributed by atoms with E-state index < -0.39 is 21.3 Å². The van der Waals surface area contributed by atoms with E-state index in [1.165, 1.54) is 60.8 Å². The molecule has 0 spiro atoms. The smallest absolute Gasteiger partial charge is 1.00 e. The zero-order valence-corrected chi connectivity index (χ0v) is 26.2. The van der Waals surface area contributed by atoms with Crippen molar-refractivity contribution in [1.82, 2.24) is 0 Å². The summed E-state index contributed by atoms with van der Waals surface area (Å²) in [6.45, 7) is 14.2. The van der Waals surface area contributed by atoms with E-state index in [0.717, 1.165) is 0 Å². The van der Waals surface area contributed by atoms with Crippen molar-refractivity contribution in [3.05, 3.63) is 80.2 Å². The van der Waals surface area contributed by atoms with Crippen LogP contribution in [0.2, 0.25) is 0 Å². The van der Waals surface area contributed by atoms with E-state index in [4.69, 9.17) is 0 Å². The monoisotopic (exact) mass is 584 g/mol. The van der Waals surface area contributed by atoms with E-state index in [2.05, 4.69) is 96.2 Å². The van der Waals surface area contributed by atoms with Gasteiger partial charge in [-0.1, -0.05) is 0 Å². The summed E-state index contributed by atoms with van der Waals surface area (Å²) < 4.78 is 4.48. The van der Waals surface area contributed by atoms with Crippen LogP contribution in [0.1, 0.15) is 106 Å². The summed E-state index contributed by atoms with van der Waals surface area (Å²) in [5, 5.41) is 0. The van der Waals surface area contributed by atoms with E-state index in [1.807, 2.05) is 6.49 Å². The van der Waals surface area contributed by atoms with E-state index in [-0.39, 0.29) is 35.6 Å². The number of hydrogen-bond acceptors (Lipinski definition) is 0. The van der Waals surface area contributed by atoms with Crippen LogP contribution in [-0.4, -0.2) is 3.21 Å². The fourth-order valence-corrected chi connectivity index (χ4v) is 15.5. The Hall–Kier alpha value is -0.747. The summed E-state index contributed by atoms with van der Waals surface area (Å²) in [6.07, 6.45) is 15.5. The maximum Gasteiger partial charge on any atom is -1.00 e. The van der Waals surface area contributed by atoms with Gasteiger partial charge in [0.1, 0.15) is 0 Å². The fraction of sp³-hybridized carbons (Fsp3) is 0.469. The van der Waals surface area contributed by atoms with Gasteiger partial charge in [0.15, 0.2) is 0 Å². The van der Waals surface area contributed by atoms with Crippen LogP contribution in [0.15, 0.2) is 57.9 Å². The standard InChI is InChI=1S/C21H25.C6H10.C5H5.2ClH.Zr/c1-20(2,3)16-7-9-18-14(12-16)11-15-13-17(21(4,5)6)8-10-19(15)18;1-2-4-6-5-3-1;1-2-4-5-3-1;;;/h7-13H,1-6H3;1-5H2;1-3H,4H2;2*1H;/q;;;;;+2/p-2. The number of hydrogen-bond donors (Lipinski definition) is 0. The minimum absolute atomic E-state index is 0. The fourth-order valence-electron chi connectivity index (χ4n) is 6.02. The Morgan fingerprint density at radius 1 is 0.714 bits per heavy atom. The van der Waals surface area contributed by atoms with Gasteiger partial charge in [0.2, 0.25) is 0 Å². The Morgan fingerprint density at radius 3 is 1.66 bits per heavy atom. The maximum atomic E-state index is 2.61. The first-order chi connectivity index (χ1) is 15.6. The molecule has 0 amide bonds. The average molecular weight is 587 g/mol. The number of allylic oxidation sites excluding steroid dienone is 4. The summed E-state index contributed by atoms with van der Waals surface area (Å²) in [5.74, 6) is 0. The Morgan fingerprint density at radius 2 is 1.23 bits per heavy atom. The molecule has 2 aromatic rings. The number of rotatable bonds is 2. The molecule has 186 valence electrons. The minimum Gasteiger partial charge on any atom is -1.00 e. The van der Waals surface area contributed by atoms with Crippen LogP contribution in [0.25, 0.3) is 11.1 Å². The van der Waals surface area contributed by atoms with Gasteiger partial charge in [-0.3, -0.25) is 0 Å². The van der Waals surface area contributed by atoms with Crippen molar-refractivity contribution >= 4 is 3.21 Å². The van der Waals surface area contributed by atoms with E-state index in [9.17, 15) is 0 Å². The molecule has 1 saturated carbocycles. The first kappa shape index (κ1) is 28.8. The number of halogens is 2. The predicted octanol–water partition coefficient (Wildman–Crippen LogP) is 2.96.